The molecule has 0 bridgehead atoms. The van der Waals surface area contributed by atoms with Crippen molar-refractivity contribution in [2.24, 2.45) is 0 Å². The lowest BCUT2D eigenvalue weighted by Crippen LogP contribution is -2.47. The number of ether oxygens (including phenoxy) is 1. The van der Waals surface area contributed by atoms with Crippen LogP contribution in [0.3, 0.4) is 0 Å². The van der Waals surface area contributed by atoms with Gasteiger partial charge in [0.1, 0.15) is 0 Å². The summed E-state index contributed by atoms with van der Waals surface area (Å²) in [5.41, 5.74) is -0.0349. The van der Waals surface area contributed by atoms with Crippen LogP contribution in [0.1, 0.15) is 23.5 Å². The van der Waals surface area contributed by atoms with Crippen LogP contribution in [-0.4, -0.2) is 53.3 Å². The van der Waals surface area contributed by atoms with Crippen molar-refractivity contribution in [3.05, 3.63) is 22.2 Å². The molecular formula is C14H20N2O3S. The summed E-state index contributed by atoms with van der Waals surface area (Å²) in [4.78, 5) is 17.8. The Kier molecular flexibility index (Phi) is 4.91. The van der Waals surface area contributed by atoms with Gasteiger partial charge in [-0.1, -0.05) is 0 Å². The van der Waals surface area contributed by atoms with Crippen LogP contribution < -0.4 is 0 Å². The molecule has 0 saturated carbocycles. The highest BCUT2D eigenvalue weighted by Crippen LogP contribution is 2.21. The number of likely N-dealkylation sites (N-methyl/N-ethyl adjacent to an activating group) is 1. The van der Waals surface area contributed by atoms with E-state index in [2.05, 4.69) is 4.98 Å². The van der Waals surface area contributed by atoms with Crippen molar-refractivity contribution in [1.82, 2.24) is 9.88 Å². The predicted octanol–water partition coefficient (Wildman–Crippen LogP) is 1.46. The van der Waals surface area contributed by atoms with Crippen LogP contribution in [-0.2, 0) is 9.53 Å². The minimum atomic E-state index is -0.826. The Bertz CT molecular complexity index is 492. The summed E-state index contributed by atoms with van der Waals surface area (Å²) in [6, 6.07) is 0. The average Bonchev–Trinajstić information content (AvgIpc) is 2.82. The van der Waals surface area contributed by atoms with E-state index in [4.69, 9.17) is 4.74 Å². The first-order valence-corrected chi connectivity index (χ1v) is 7.52. The summed E-state index contributed by atoms with van der Waals surface area (Å²) in [6.07, 6.45) is 4.34. The lowest BCUT2D eigenvalue weighted by molar-refractivity contribution is -0.131. The Hall–Kier alpha value is -1.24. The van der Waals surface area contributed by atoms with Gasteiger partial charge < -0.3 is 14.7 Å². The molecular weight excluding hydrogens is 276 g/mol. The van der Waals surface area contributed by atoms with Crippen molar-refractivity contribution in [3.63, 3.8) is 0 Å². The van der Waals surface area contributed by atoms with Gasteiger partial charge in [0.15, 0.2) is 0 Å². The Morgan fingerprint density at radius 3 is 2.90 bits per heavy atom. The van der Waals surface area contributed by atoms with Crippen LogP contribution in [0.25, 0.3) is 6.08 Å². The Balaban J connectivity index is 1.90. The third-order valence-electron chi connectivity index (χ3n) is 3.36. The first kappa shape index (κ1) is 15.2. The molecule has 0 spiro atoms. The molecule has 6 heteroatoms. The number of carbonyl (C=O) groups excluding carboxylic acids is 1. The molecule has 0 radical (unpaired) electrons. The monoisotopic (exact) mass is 296 g/mol. The summed E-state index contributed by atoms with van der Waals surface area (Å²) in [6.45, 7) is 3.35. The zero-order valence-corrected chi connectivity index (χ0v) is 12.7. The number of aromatic nitrogens is 1. The molecule has 0 unspecified atom stereocenters. The second-order valence-corrected chi connectivity index (χ2v) is 6.22. The summed E-state index contributed by atoms with van der Waals surface area (Å²) in [7, 11) is 1.70. The SMILES string of the molecule is Cc1nc(/C=C/C(=O)N(C)CC2(O)CCOCC2)cs1. The van der Waals surface area contributed by atoms with Crippen LogP contribution in [0, 0.1) is 6.92 Å². The zero-order valence-electron chi connectivity index (χ0n) is 11.8. The molecule has 1 fully saturated rings. The van der Waals surface area contributed by atoms with Gasteiger partial charge in [0.2, 0.25) is 5.91 Å². The highest BCUT2D eigenvalue weighted by Gasteiger charge is 2.31. The van der Waals surface area contributed by atoms with Gasteiger partial charge in [-0.25, -0.2) is 4.98 Å². The second kappa shape index (κ2) is 6.47. The second-order valence-electron chi connectivity index (χ2n) is 5.16. The molecule has 0 atom stereocenters. The molecule has 0 aliphatic carbocycles. The number of aryl methyl sites for hydroxylation is 1. The number of hydrogen-bond donors (Lipinski definition) is 1. The largest absolute Gasteiger partial charge is 0.388 e. The van der Waals surface area contributed by atoms with Crippen LogP contribution >= 0.6 is 11.3 Å². The fraction of sp³-hybridized carbons (Fsp3) is 0.571. The standard InChI is InChI=1S/C14H20N2O3S/c1-11-15-12(9-20-11)3-4-13(17)16(2)10-14(18)5-7-19-8-6-14/h3-4,9,18H,5-8,10H2,1-2H3/b4-3+. The van der Waals surface area contributed by atoms with Gasteiger partial charge in [0, 0.05) is 51.1 Å². The lowest BCUT2D eigenvalue weighted by atomic mass is 9.94. The van der Waals surface area contributed by atoms with Gasteiger partial charge in [0.25, 0.3) is 0 Å². The van der Waals surface area contributed by atoms with Crippen molar-refractivity contribution in [1.29, 1.82) is 0 Å². The molecule has 110 valence electrons. The molecule has 2 rings (SSSR count). The minimum absolute atomic E-state index is 0.129. The Labute approximate surface area is 122 Å². The molecule has 1 saturated heterocycles. The molecule has 1 aliphatic rings. The van der Waals surface area contributed by atoms with Gasteiger partial charge in [-0.2, -0.15) is 0 Å². The van der Waals surface area contributed by atoms with E-state index >= 15 is 0 Å². The summed E-state index contributed by atoms with van der Waals surface area (Å²) < 4.78 is 5.23. The van der Waals surface area contributed by atoms with Gasteiger partial charge >= 0.3 is 0 Å². The Morgan fingerprint density at radius 1 is 1.60 bits per heavy atom. The molecule has 1 amide bonds. The van der Waals surface area contributed by atoms with Crippen LogP contribution in [0.2, 0.25) is 0 Å². The van der Waals surface area contributed by atoms with Crippen LogP contribution in [0.5, 0.6) is 0 Å². The van der Waals surface area contributed by atoms with Gasteiger partial charge in [-0.15, -0.1) is 11.3 Å². The van der Waals surface area contributed by atoms with Crippen molar-refractivity contribution in [3.8, 4) is 0 Å². The molecule has 5 nitrogen and oxygen atoms in total. The molecule has 20 heavy (non-hydrogen) atoms. The zero-order chi connectivity index (χ0) is 14.6. The maximum atomic E-state index is 12.0. The first-order chi connectivity index (χ1) is 9.48. The highest BCUT2D eigenvalue weighted by molar-refractivity contribution is 7.09. The number of hydrogen-bond acceptors (Lipinski definition) is 5. The van der Waals surface area contributed by atoms with Gasteiger partial charge in [-0.3, -0.25) is 4.79 Å². The first-order valence-electron chi connectivity index (χ1n) is 6.64. The lowest BCUT2D eigenvalue weighted by Gasteiger charge is -2.35. The summed E-state index contributed by atoms with van der Waals surface area (Å²) in [5.74, 6) is -0.129. The van der Waals surface area contributed by atoms with Gasteiger partial charge in [0.05, 0.1) is 16.3 Å². The number of carbonyl (C=O) groups is 1. The molecule has 1 aliphatic heterocycles. The van der Waals surface area contributed by atoms with E-state index in [1.54, 1.807) is 29.4 Å². The maximum absolute atomic E-state index is 12.0. The molecule has 2 heterocycles. The summed E-state index contributed by atoms with van der Waals surface area (Å²) in [5, 5.41) is 13.3. The fourth-order valence-corrected chi connectivity index (χ4v) is 2.75. The summed E-state index contributed by atoms with van der Waals surface area (Å²) >= 11 is 1.55. The quantitative estimate of drug-likeness (QED) is 0.855. The third-order valence-corrected chi connectivity index (χ3v) is 4.16. The Morgan fingerprint density at radius 2 is 2.30 bits per heavy atom. The number of nitrogens with zero attached hydrogens (tertiary/aromatic N) is 2. The third kappa shape index (κ3) is 4.13. The van der Waals surface area contributed by atoms with E-state index in [0.29, 0.717) is 32.6 Å². The molecule has 1 aromatic heterocycles. The normalized spacial score (nSPS) is 18.4. The topological polar surface area (TPSA) is 62.7 Å². The molecule has 0 aromatic carbocycles. The fourth-order valence-electron chi connectivity index (χ4n) is 2.17. The van der Waals surface area contributed by atoms with Crippen molar-refractivity contribution in [2.45, 2.75) is 25.4 Å². The van der Waals surface area contributed by atoms with Gasteiger partial charge in [-0.05, 0) is 13.0 Å². The smallest absolute Gasteiger partial charge is 0.246 e. The highest BCUT2D eigenvalue weighted by atomic mass is 32.1. The molecule has 1 N–H and O–H groups in total. The minimum Gasteiger partial charge on any atom is -0.388 e. The van der Waals surface area contributed by atoms with Crippen molar-refractivity contribution in [2.75, 3.05) is 26.8 Å². The van der Waals surface area contributed by atoms with E-state index in [9.17, 15) is 9.90 Å². The van der Waals surface area contributed by atoms with E-state index in [1.165, 1.54) is 6.08 Å². The molecule has 1 aromatic rings. The van der Waals surface area contributed by atoms with E-state index in [0.717, 1.165) is 10.7 Å². The van der Waals surface area contributed by atoms with Crippen LogP contribution in [0.15, 0.2) is 11.5 Å². The number of rotatable bonds is 4. The van der Waals surface area contributed by atoms with E-state index in [1.807, 2.05) is 12.3 Å². The van der Waals surface area contributed by atoms with E-state index < -0.39 is 5.60 Å². The van der Waals surface area contributed by atoms with E-state index in [-0.39, 0.29) is 5.91 Å². The number of aliphatic hydroxyl groups is 1. The number of amides is 1. The van der Waals surface area contributed by atoms with Crippen molar-refractivity contribution < 1.29 is 14.6 Å². The predicted molar refractivity (Wildman–Crippen MR) is 78.5 cm³/mol. The van der Waals surface area contributed by atoms with Crippen LogP contribution in [0.4, 0.5) is 0 Å². The number of thiazole rings is 1. The van der Waals surface area contributed by atoms with Crippen molar-refractivity contribution >= 4 is 23.3 Å². The maximum Gasteiger partial charge on any atom is 0.246 e. The average molecular weight is 296 g/mol.